The van der Waals surface area contributed by atoms with E-state index >= 15 is 0 Å². The van der Waals surface area contributed by atoms with Gasteiger partial charge in [-0.05, 0) is 35.4 Å². The smallest absolute Gasteiger partial charge is 0.274 e. The molecule has 0 unspecified atom stereocenters. The Morgan fingerprint density at radius 1 is 1.32 bits per heavy atom. The second kappa shape index (κ2) is 8.12. The van der Waals surface area contributed by atoms with Gasteiger partial charge in [0, 0.05) is 11.0 Å². The fourth-order valence-corrected chi connectivity index (χ4v) is 3.57. The highest BCUT2D eigenvalue weighted by Crippen LogP contribution is 2.28. The molecule has 1 N–H and O–H groups in total. The zero-order valence-electron chi connectivity index (χ0n) is 15.3. The molecule has 2 aromatic carbocycles. The van der Waals surface area contributed by atoms with E-state index in [1.165, 1.54) is 0 Å². The predicted octanol–water partition coefficient (Wildman–Crippen LogP) is 3.25. The molecule has 0 aliphatic carbocycles. The van der Waals surface area contributed by atoms with E-state index in [0.717, 1.165) is 21.3 Å². The second-order valence-corrected chi connectivity index (χ2v) is 7.37. The van der Waals surface area contributed by atoms with Gasteiger partial charge in [0.1, 0.15) is 11.9 Å². The number of ether oxygens (including phenoxy) is 2. The Morgan fingerprint density at radius 3 is 2.89 bits per heavy atom. The fourth-order valence-electron chi connectivity index (χ4n) is 3.12. The Balaban J connectivity index is 1.43. The maximum absolute atomic E-state index is 12.5. The standard InChI is InChI=1S/C20H19BrN4O3/c1-27-16-7-5-14(6-8-16)18-11-25-17(12-28-18)19(23-24-25)20(26)22-10-13-3-2-4-15(21)9-13/h2-9,18H,10-12H2,1H3,(H,22,26)/t18-/m1/s1. The number of benzene rings is 2. The number of carbonyl (C=O) groups excluding carboxylic acids is 1. The molecule has 3 aromatic rings. The van der Waals surface area contributed by atoms with Crippen molar-refractivity contribution in [3.63, 3.8) is 0 Å². The third kappa shape index (κ3) is 3.93. The summed E-state index contributed by atoms with van der Waals surface area (Å²) in [4.78, 5) is 12.5. The van der Waals surface area contributed by atoms with Crippen molar-refractivity contribution < 1.29 is 14.3 Å². The van der Waals surface area contributed by atoms with E-state index in [4.69, 9.17) is 9.47 Å². The van der Waals surface area contributed by atoms with Gasteiger partial charge in [0.05, 0.1) is 26.0 Å². The van der Waals surface area contributed by atoms with Crippen LogP contribution in [0.4, 0.5) is 0 Å². The highest BCUT2D eigenvalue weighted by molar-refractivity contribution is 9.10. The predicted molar refractivity (Wildman–Crippen MR) is 106 cm³/mol. The molecule has 1 amide bonds. The number of hydrogen-bond acceptors (Lipinski definition) is 5. The van der Waals surface area contributed by atoms with Crippen LogP contribution in [0.3, 0.4) is 0 Å². The molecule has 0 bridgehead atoms. The number of carbonyl (C=O) groups is 1. The summed E-state index contributed by atoms with van der Waals surface area (Å²) in [6, 6.07) is 15.5. The Labute approximate surface area is 170 Å². The molecule has 144 valence electrons. The largest absolute Gasteiger partial charge is 0.497 e. The summed E-state index contributed by atoms with van der Waals surface area (Å²) < 4.78 is 13.9. The van der Waals surface area contributed by atoms with Gasteiger partial charge < -0.3 is 14.8 Å². The van der Waals surface area contributed by atoms with Crippen molar-refractivity contribution in [1.82, 2.24) is 20.3 Å². The van der Waals surface area contributed by atoms with Crippen molar-refractivity contribution in [2.24, 2.45) is 0 Å². The van der Waals surface area contributed by atoms with Crippen molar-refractivity contribution in [3.05, 3.63) is 75.5 Å². The lowest BCUT2D eigenvalue weighted by atomic mass is 10.1. The van der Waals surface area contributed by atoms with Crippen LogP contribution in [-0.2, 0) is 24.4 Å². The number of nitrogens with one attached hydrogen (secondary N) is 1. The van der Waals surface area contributed by atoms with Crippen molar-refractivity contribution >= 4 is 21.8 Å². The van der Waals surface area contributed by atoms with E-state index in [2.05, 4.69) is 31.6 Å². The van der Waals surface area contributed by atoms with Crippen molar-refractivity contribution in [2.75, 3.05) is 7.11 Å². The number of amides is 1. The molecule has 1 aliphatic heterocycles. The van der Waals surface area contributed by atoms with Crippen molar-refractivity contribution in [2.45, 2.75) is 25.8 Å². The summed E-state index contributed by atoms with van der Waals surface area (Å²) in [6.07, 6.45) is -0.141. The quantitative estimate of drug-likeness (QED) is 0.655. The van der Waals surface area contributed by atoms with Crippen LogP contribution in [0.15, 0.2) is 53.0 Å². The van der Waals surface area contributed by atoms with E-state index in [1.54, 1.807) is 11.8 Å². The zero-order chi connectivity index (χ0) is 19.5. The number of aromatic nitrogens is 3. The minimum absolute atomic E-state index is 0.141. The topological polar surface area (TPSA) is 78.3 Å². The maximum Gasteiger partial charge on any atom is 0.274 e. The van der Waals surface area contributed by atoms with Gasteiger partial charge in [-0.2, -0.15) is 0 Å². The van der Waals surface area contributed by atoms with Gasteiger partial charge in [-0.1, -0.05) is 45.4 Å². The number of fused-ring (bicyclic) bond motifs is 1. The van der Waals surface area contributed by atoms with E-state index in [1.807, 2.05) is 48.5 Å². The van der Waals surface area contributed by atoms with Crippen LogP contribution in [0.2, 0.25) is 0 Å². The Kier molecular flexibility index (Phi) is 5.40. The van der Waals surface area contributed by atoms with Crippen molar-refractivity contribution in [1.29, 1.82) is 0 Å². The Bertz CT molecular complexity index is 987. The lowest BCUT2D eigenvalue weighted by molar-refractivity contribution is -0.00179. The average Bonchev–Trinajstić information content (AvgIpc) is 3.15. The van der Waals surface area contributed by atoms with Crippen molar-refractivity contribution in [3.8, 4) is 5.75 Å². The molecule has 0 spiro atoms. The highest BCUT2D eigenvalue weighted by atomic mass is 79.9. The minimum Gasteiger partial charge on any atom is -0.497 e. The third-order valence-electron chi connectivity index (χ3n) is 4.64. The fraction of sp³-hybridized carbons (Fsp3) is 0.250. The Hall–Kier alpha value is -2.71. The van der Waals surface area contributed by atoms with Crippen LogP contribution in [0, 0.1) is 0 Å². The molecule has 2 heterocycles. The normalized spacial score (nSPS) is 15.7. The number of halogens is 1. The number of methoxy groups -OCH3 is 1. The first-order valence-electron chi connectivity index (χ1n) is 8.84. The molecule has 4 rings (SSSR count). The summed E-state index contributed by atoms with van der Waals surface area (Å²) in [7, 11) is 1.64. The van der Waals surface area contributed by atoms with Gasteiger partial charge in [0.2, 0.25) is 0 Å². The SMILES string of the molecule is COc1ccc([C@H]2Cn3nnc(C(=O)NCc4cccc(Br)c4)c3CO2)cc1. The van der Waals surface area contributed by atoms with E-state index < -0.39 is 0 Å². The van der Waals surface area contributed by atoms with Crippen LogP contribution in [0.25, 0.3) is 0 Å². The number of rotatable bonds is 5. The monoisotopic (exact) mass is 442 g/mol. The van der Waals surface area contributed by atoms with Gasteiger partial charge in [-0.25, -0.2) is 4.68 Å². The molecule has 0 radical (unpaired) electrons. The van der Waals surface area contributed by atoms with Crippen LogP contribution < -0.4 is 10.1 Å². The first-order chi connectivity index (χ1) is 13.6. The molecule has 1 aliphatic rings. The molecular formula is C20H19BrN4O3. The average molecular weight is 443 g/mol. The highest BCUT2D eigenvalue weighted by Gasteiger charge is 2.27. The molecule has 7 nitrogen and oxygen atoms in total. The first kappa shape index (κ1) is 18.6. The van der Waals surface area contributed by atoms with E-state index in [-0.39, 0.29) is 18.6 Å². The summed E-state index contributed by atoms with van der Waals surface area (Å²) in [5.41, 5.74) is 3.03. The van der Waals surface area contributed by atoms with Gasteiger partial charge in [-0.3, -0.25) is 4.79 Å². The van der Waals surface area contributed by atoms with Gasteiger partial charge in [-0.15, -0.1) is 5.10 Å². The minimum atomic E-state index is -0.257. The molecule has 0 saturated heterocycles. The molecule has 8 heteroatoms. The van der Waals surface area contributed by atoms with Crippen LogP contribution in [0.5, 0.6) is 5.75 Å². The zero-order valence-corrected chi connectivity index (χ0v) is 16.8. The molecule has 1 atom stereocenters. The Morgan fingerprint density at radius 2 is 2.14 bits per heavy atom. The summed E-state index contributed by atoms with van der Waals surface area (Å²) in [6.45, 7) is 1.21. The summed E-state index contributed by atoms with van der Waals surface area (Å²) in [5, 5.41) is 11.1. The first-order valence-corrected chi connectivity index (χ1v) is 9.64. The molecule has 0 fully saturated rings. The van der Waals surface area contributed by atoms with Crippen LogP contribution in [0.1, 0.15) is 33.4 Å². The summed E-state index contributed by atoms with van der Waals surface area (Å²) in [5.74, 6) is 0.540. The summed E-state index contributed by atoms with van der Waals surface area (Å²) >= 11 is 3.43. The second-order valence-electron chi connectivity index (χ2n) is 6.45. The molecular weight excluding hydrogens is 424 g/mol. The van der Waals surface area contributed by atoms with Crippen LogP contribution >= 0.6 is 15.9 Å². The van der Waals surface area contributed by atoms with Gasteiger partial charge in [0.15, 0.2) is 5.69 Å². The van der Waals surface area contributed by atoms with Gasteiger partial charge in [0.25, 0.3) is 5.91 Å². The van der Waals surface area contributed by atoms with E-state index in [9.17, 15) is 4.79 Å². The maximum atomic E-state index is 12.5. The van der Waals surface area contributed by atoms with Crippen LogP contribution in [-0.4, -0.2) is 28.0 Å². The molecule has 1 aromatic heterocycles. The van der Waals surface area contributed by atoms with E-state index in [0.29, 0.717) is 24.5 Å². The number of hydrogen-bond donors (Lipinski definition) is 1. The lowest BCUT2D eigenvalue weighted by Gasteiger charge is -2.24. The number of nitrogens with zero attached hydrogens (tertiary/aromatic N) is 3. The third-order valence-corrected chi connectivity index (χ3v) is 5.14. The van der Waals surface area contributed by atoms with Gasteiger partial charge >= 0.3 is 0 Å². The molecule has 0 saturated carbocycles. The lowest BCUT2D eigenvalue weighted by Crippen LogP contribution is -2.27. The molecule has 28 heavy (non-hydrogen) atoms.